The van der Waals surface area contributed by atoms with Crippen LogP contribution in [-0.2, 0) is 4.79 Å². The van der Waals surface area contributed by atoms with Crippen molar-refractivity contribution in [1.29, 1.82) is 0 Å². The van der Waals surface area contributed by atoms with E-state index in [4.69, 9.17) is 5.11 Å². The number of carboxylic acids is 1. The molecule has 6 heteroatoms. The van der Waals surface area contributed by atoms with E-state index in [9.17, 15) is 9.59 Å². The van der Waals surface area contributed by atoms with Gasteiger partial charge in [-0.3, -0.25) is 4.79 Å². The number of rotatable bonds is 6. The van der Waals surface area contributed by atoms with E-state index in [0.717, 1.165) is 13.1 Å². The van der Waals surface area contributed by atoms with Crippen LogP contribution in [0.15, 0.2) is 0 Å². The average molecular weight is 299 g/mol. The van der Waals surface area contributed by atoms with Crippen LogP contribution in [-0.4, -0.2) is 77.6 Å². The molecule has 2 unspecified atom stereocenters. The van der Waals surface area contributed by atoms with E-state index in [2.05, 4.69) is 11.8 Å². The topological polar surface area (TPSA) is 64.1 Å². The fourth-order valence-electron chi connectivity index (χ4n) is 2.94. The number of carbonyl (C=O) groups excluding carboxylic acids is 1. The molecule has 1 heterocycles. The Morgan fingerprint density at radius 3 is 2.33 bits per heavy atom. The van der Waals surface area contributed by atoms with E-state index < -0.39 is 5.97 Å². The van der Waals surface area contributed by atoms with Gasteiger partial charge in [0.15, 0.2) is 0 Å². The molecule has 0 bridgehead atoms. The number of nitrogens with zero attached hydrogens (tertiary/aromatic N) is 3. The lowest BCUT2D eigenvalue weighted by Gasteiger charge is -2.31. The summed E-state index contributed by atoms with van der Waals surface area (Å²) < 4.78 is 0. The second-order valence-corrected chi connectivity index (χ2v) is 6.48. The van der Waals surface area contributed by atoms with Crippen LogP contribution >= 0.6 is 0 Å². The molecule has 1 saturated heterocycles. The Kier molecular flexibility index (Phi) is 6.45. The predicted molar refractivity (Wildman–Crippen MR) is 82.3 cm³/mol. The van der Waals surface area contributed by atoms with Crippen molar-refractivity contribution >= 4 is 12.0 Å². The quantitative estimate of drug-likeness (QED) is 0.808. The molecule has 0 aromatic carbocycles. The summed E-state index contributed by atoms with van der Waals surface area (Å²) in [6.45, 7) is 8.13. The summed E-state index contributed by atoms with van der Waals surface area (Å²) in [4.78, 5) is 29.1. The average Bonchev–Trinajstić information content (AvgIpc) is 2.75. The molecule has 21 heavy (non-hydrogen) atoms. The SMILES string of the molecule is CC1CN(C(=O)N(CCCC(=O)O)C(C)C)CC1N(C)C. The van der Waals surface area contributed by atoms with Crippen molar-refractivity contribution in [2.24, 2.45) is 5.92 Å². The van der Waals surface area contributed by atoms with Crippen molar-refractivity contribution in [3.63, 3.8) is 0 Å². The molecule has 6 nitrogen and oxygen atoms in total. The Labute approximate surface area is 127 Å². The third-order valence-electron chi connectivity index (χ3n) is 4.17. The summed E-state index contributed by atoms with van der Waals surface area (Å²) in [5.74, 6) is -0.356. The standard InChI is InChI=1S/C15H29N3O3/c1-11(2)18(8-6-7-14(19)20)15(21)17-9-12(3)13(10-17)16(4)5/h11-13H,6-10H2,1-5H3,(H,19,20). The maximum absolute atomic E-state index is 12.7. The van der Waals surface area contributed by atoms with Crippen LogP contribution in [0.5, 0.6) is 0 Å². The normalized spacial score (nSPS) is 22.1. The number of urea groups is 1. The zero-order valence-corrected chi connectivity index (χ0v) is 13.9. The van der Waals surface area contributed by atoms with E-state index >= 15 is 0 Å². The molecule has 1 fully saturated rings. The lowest BCUT2D eigenvalue weighted by molar-refractivity contribution is -0.137. The molecule has 2 atom stereocenters. The molecule has 0 spiro atoms. The molecule has 122 valence electrons. The van der Waals surface area contributed by atoms with Gasteiger partial charge in [-0.05, 0) is 40.3 Å². The molecule has 0 saturated carbocycles. The molecule has 0 aromatic heterocycles. The molecular formula is C15H29N3O3. The van der Waals surface area contributed by atoms with Crippen LogP contribution in [0, 0.1) is 5.92 Å². The number of likely N-dealkylation sites (N-methyl/N-ethyl adjacent to an activating group) is 1. The monoisotopic (exact) mass is 299 g/mol. The van der Waals surface area contributed by atoms with Crippen LogP contribution in [0.2, 0.25) is 0 Å². The molecule has 1 aliphatic rings. The first-order valence-electron chi connectivity index (χ1n) is 7.67. The highest BCUT2D eigenvalue weighted by molar-refractivity contribution is 5.75. The summed E-state index contributed by atoms with van der Waals surface area (Å²) in [5.41, 5.74) is 0. The van der Waals surface area contributed by atoms with Crippen molar-refractivity contribution in [2.75, 3.05) is 33.7 Å². The lowest BCUT2D eigenvalue weighted by atomic mass is 10.1. The number of carbonyl (C=O) groups is 2. The summed E-state index contributed by atoms with van der Waals surface area (Å²) in [6.07, 6.45) is 0.604. The van der Waals surface area contributed by atoms with Gasteiger partial charge >= 0.3 is 12.0 Å². The minimum absolute atomic E-state index is 0.0339. The number of aliphatic carboxylic acids is 1. The Balaban J connectivity index is 2.63. The number of hydrogen-bond donors (Lipinski definition) is 1. The van der Waals surface area contributed by atoms with Crippen molar-refractivity contribution in [2.45, 2.75) is 45.7 Å². The summed E-state index contributed by atoms with van der Waals surface area (Å²) in [7, 11) is 4.09. The Morgan fingerprint density at radius 1 is 1.29 bits per heavy atom. The first-order chi connectivity index (χ1) is 9.73. The van der Waals surface area contributed by atoms with Gasteiger partial charge in [-0.25, -0.2) is 4.79 Å². The smallest absolute Gasteiger partial charge is 0.320 e. The van der Waals surface area contributed by atoms with Crippen molar-refractivity contribution in [3.05, 3.63) is 0 Å². The van der Waals surface area contributed by atoms with E-state index in [0.29, 0.717) is 24.9 Å². The van der Waals surface area contributed by atoms with Gasteiger partial charge in [0.25, 0.3) is 0 Å². The summed E-state index contributed by atoms with van der Waals surface area (Å²) >= 11 is 0. The Hall–Kier alpha value is -1.30. The van der Waals surface area contributed by atoms with E-state index in [1.165, 1.54) is 0 Å². The minimum Gasteiger partial charge on any atom is -0.481 e. The molecule has 1 N–H and O–H groups in total. The van der Waals surface area contributed by atoms with Gasteiger partial charge in [0, 0.05) is 38.1 Å². The van der Waals surface area contributed by atoms with Gasteiger partial charge in [-0.15, -0.1) is 0 Å². The van der Waals surface area contributed by atoms with Gasteiger partial charge in [0.2, 0.25) is 0 Å². The second-order valence-electron chi connectivity index (χ2n) is 6.48. The maximum Gasteiger partial charge on any atom is 0.320 e. The molecule has 1 rings (SSSR count). The highest BCUT2D eigenvalue weighted by atomic mass is 16.4. The van der Waals surface area contributed by atoms with Crippen molar-refractivity contribution in [3.8, 4) is 0 Å². The van der Waals surface area contributed by atoms with Crippen molar-refractivity contribution < 1.29 is 14.7 Å². The third kappa shape index (κ3) is 4.88. The lowest BCUT2D eigenvalue weighted by Crippen LogP contribution is -2.47. The summed E-state index contributed by atoms with van der Waals surface area (Å²) in [6, 6.07) is 0.508. The number of amides is 2. The van der Waals surface area contributed by atoms with E-state index in [1.807, 2.05) is 32.8 Å². The fourth-order valence-corrected chi connectivity index (χ4v) is 2.94. The number of likely N-dealkylation sites (tertiary alicyclic amines) is 1. The predicted octanol–water partition coefficient (Wildman–Crippen LogP) is 1.56. The zero-order valence-electron chi connectivity index (χ0n) is 13.9. The largest absolute Gasteiger partial charge is 0.481 e. The van der Waals surface area contributed by atoms with Crippen LogP contribution < -0.4 is 0 Å². The Morgan fingerprint density at radius 2 is 1.90 bits per heavy atom. The maximum atomic E-state index is 12.7. The van der Waals surface area contributed by atoms with Gasteiger partial charge in [0.1, 0.15) is 0 Å². The fraction of sp³-hybridized carbons (Fsp3) is 0.867. The van der Waals surface area contributed by atoms with E-state index in [1.54, 1.807) is 4.90 Å². The first-order valence-corrected chi connectivity index (χ1v) is 7.67. The van der Waals surface area contributed by atoms with E-state index in [-0.39, 0.29) is 18.5 Å². The zero-order chi connectivity index (χ0) is 16.2. The van der Waals surface area contributed by atoms with Gasteiger partial charge < -0.3 is 19.8 Å². The minimum atomic E-state index is -0.811. The van der Waals surface area contributed by atoms with Crippen LogP contribution in [0.1, 0.15) is 33.6 Å². The second kappa shape index (κ2) is 7.64. The third-order valence-corrected chi connectivity index (χ3v) is 4.17. The molecule has 0 aromatic rings. The first kappa shape index (κ1) is 17.8. The highest BCUT2D eigenvalue weighted by Gasteiger charge is 2.35. The molecule has 1 aliphatic heterocycles. The molecule has 2 amide bonds. The van der Waals surface area contributed by atoms with Gasteiger partial charge in [0.05, 0.1) is 0 Å². The highest BCUT2D eigenvalue weighted by Crippen LogP contribution is 2.22. The molecule has 0 radical (unpaired) electrons. The molecular weight excluding hydrogens is 270 g/mol. The van der Waals surface area contributed by atoms with Crippen molar-refractivity contribution in [1.82, 2.24) is 14.7 Å². The van der Waals surface area contributed by atoms with Crippen LogP contribution in [0.4, 0.5) is 4.79 Å². The summed E-state index contributed by atoms with van der Waals surface area (Å²) in [5, 5.41) is 8.73. The van der Waals surface area contributed by atoms with Crippen LogP contribution in [0.25, 0.3) is 0 Å². The Bertz CT molecular complexity index is 371. The number of hydrogen-bond acceptors (Lipinski definition) is 3. The number of carboxylic acid groups (broad SMARTS) is 1. The van der Waals surface area contributed by atoms with Gasteiger partial charge in [-0.1, -0.05) is 6.92 Å². The molecule has 0 aliphatic carbocycles. The van der Waals surface area contributed by atoms with Gasteiger partial charge in [-0.2, -0.15) is 0 Å². The van der Waals surface area contributed by atoms with Crippen LogP contribution in [0.3, 0.4) is 0 Å².